The molecule has 0 saturated heterocycles. The third kappa shape index (κ3) is 3.17. The second kappa shape index (κ2) is 5.77. The van der Waals surface area contributed by atoms with Gasteiger partial charge in [-0.1, -0.05) is 23.2 Å². The number of aromatic nitrogens is 3. The Hall–Kier alpha value is -2.30. The van der Waals surface area contributed by atoms with Gasteiger partial charge in [-0.2, -0.15) is 5.26 Å². The molecule has 3 N–H and O–H groups in total. The number of nitrogens with one attached hydrogen (secondary N) is 1. The number of hydrogen-bond acceptors (Lipinski definition) is 5. The van der Waals surface area contributed by atoms with Gasteiger partial charge in [-0.05, 0) is 12.1 Å². The number of nitriles is 1. The summed E-state index contributed by atoms with van der Waals surface area (Å²) >= 11 is 11.7. The third-order valence-corrected chi connectivity index (χ3v) is 2.81. The van der Waals surface area contributed by atoms with Crippen LogP contribution in [0.4, 0.5) is 11.4 Å². The molecule has 20 heavy (non-hydrogen) atoms. The summed E-state index contributed by atoms with van der Waals surface area (Å²) in [6, 6.07) is 4.71. The number of nitrogens with two attached hydrogens (primary N) is 1. The molecule has 0 aliphatic carbocycles. The number of carbonyl (C=O) groups is 1. The van der Waals surface area contributed by atoms with Crippen molar-refractivity contribution < 1.29 is 4.79 Å². The molecule has 2 aromatic rings. The van der Waals surface area contributed by atoms with Gasteiger partial charge in [0.25, 0.3) is 5.82 Å². The van der Waals surface area contributed by atoms with Gasteiger partial charge in [0.05, 0.1) is 16.4 Å². The number of hydrogen-bond donors (Lipinski definition) is 2. The van der Waals surface area contributed by atoms with Crippen molar-refractivity contribution in [1.29, 1.82) is 5.26 Å². The van der Waals surface area contributed by atoms with Crippen molar-refractivity contribution in [1.82, 2.24) is 14.8 Å². The standard InChI is InChI=1S/C11H8Cl2N6O/c12-6-1-7(13)11(8(15)2-6)17-10(20)4-19-5-16-9(3-14)18-19/h1-2,5H,4,15H2,(H,17,20). The smallest absolute Gasteiger partial charge is 0.252 e. The molecule has 1 amide bonds. The minimum Gasteiger partial charge on any atom is -0.397 e. The summed E-state index contributed by atoms with van der Waals surface area (Å²) in [6.45, 7) is -0.118. The summed E-state index contributed by atoms with van der Waals surface area (Å²) in [5.74, 6) is -0.419. The van der Waals surface area contributed by atoms with Crippen LogP contribution >= 0.6 is 23.2 Å². The fourth-order valence-corrected chi connectivity index (χ4v) is 2.03. The minimum atomic E-state index is -0.407. The number of amides is 1. The monoisotopic (exact) mass is 310 g/mol. The molecule has 0 aliphatic rings. The predicted molar refractivity (Wildman–Crippen MR) is 74.2 cm³/mol. The third-order valence-electron chi connectivity index (χ3n) is 2.29. The van der Waals surface area contributed by atoms with Crippen LogP contribution in [0.2, 0.25) is 10.0 Å². The van der Waals surface area contributed by atoms with Gasteiger partial charge in [0.15, 0.2) is 0 Å². The van der Waals surface area contributed by atoms with Crippen molar-refractivity contribution in [3.8, 4) is 6.07 Å². The van der Waals surface area contributed by atoms with Crippen molar-refractivity contribution >= 4 is 40.5 Å². The maximum Gasteiger partial charge on any atom is 0.252 e. The van der Waals surface area contributed by atoms with E-state index in [0.717, 1.165) is 0 Å². The van der Waals surface area contributed by atoms with Crippen LogP contribution in [0.15, 0.2) is 18.5 Å². The van der Waals surface area contributed by atoms with Gasteiger partial charge in [-0.15, -0.1) is 5.10 Å². The van der Waals surface area contributed by atoms with Gasteiger partial charge in [0, 0.05) is 5.02 Å². The van der Waals surface area contributed by atoms with Gasteiger partial charge in [-0.3, -0.25) is 4.79 Å². The molecule has 9 heteroatoms. The SMILES string of the molecule is N#Cc1ncn(CC(=O)Nc2c(N)cc(Cl)cc2Cl)n1. The fourth-order valence-electron chi connectivity index (χ4n) is 1.47. The average molecular weight is 311 g/mol. The van der Waals surface area contributed by atoms with Crippen molar-refractivity contribution in [3.05, 3.63) is 34.3 Å². The van der Waals surface area contributed by atoms with E-state index in [4.69, 9.17) is 34.2 Å². The Morgan fingerprint density at radius 3 is 2.85 bits per heavy atom. The summed E-state index contributed by atoms with van der Waals surface area (Å²) in [5.41, 5.74) is 6.26. The molecule has 1 heterocycles. The molecule has 0 fully saturated rings. The Kier molecular flexibility index (Phi) is 4.08. The number of nitrogens with zero attached hydrogens (tertiary/aromatic N) is 4. The topological polar surface area (TPSA) is 110 Å². The number of carbonyl (C=O) groups excluding carboxylic acids is 1. The summed E-state index contributed by atoms with van der Waals surface area (Å²) in [4.78, 5) is 15.5. The first-order valence-corrected chi connectivity index (χ1v) is 6.09. The number of rotatable bonds is 3. The molecular formula is C11H8Cl2N6O. The molecule has 0 aliphatic heterocycles. The summed E-state index contributed by atoms with van der Waals surface area (Å²) < 4.78 is 1.23. The van der Waals surface area contributed by atoms with Crippen molar-refractivity contribution in [2.24, 2.45) is 0 Å². The molecule has 0 unspecified atom stereocenters. The summed E-state index contributed by atoms with van der Waals surface area (Å²) in [7, 11) is 0. The van der Waals surface area contributed by atoms with E-state index in [1.165, 1.54) is 23.1 Å². The lowest BCUT2D eigenvalue weighted by molar-refractivity contribution is -0.116. The molecule has 0 spiro atoms. The number of benzene rings is 1. The second-order valence-electron chi connectivity index (χ2n) is 3.78. The van der Waals surface area contributed by atoms with Crippen LogP contribution in [0.5, 0.6) is 0 Å². The van der Waals surface area contributed by atoms with E-state index < -0.39 is 5.91 Å². The molecule has 1 aromatic heterocycles. The number of halogens is 2. The molecule has 2 rings (SSSR count). The molecule has 1 aromatic carbocycles. The average Bonchev–Trinajstić information content (AvgIpc) is 2.81. The lowest BCUT2D eigenvalue weighted by Gasteiger charge is -2.10. The van der Waals surface area contributed by atoms with E-state index >= 15 is 0 Å². The zero-order valence-corrected chi connectivity index (χ0v) is 11.5. The molecule has 102 valence electrons. The van der Waals surface area contributed by atoms with Crippen LogP contribution < -0.4 is 11.1 Å². The first kappa shape index (κ1) is 14.1. The molecule has 7 nitrogen and oxygen atoms in total. The first-order chi connectivity index (χ1) is 9.49. The Morgan fingerprint density at radius 1 is 1.50 bits per heavy atom. The van der Waals surface area contributed by atoms with E-state index in [1.807, 2.05) is 0 Å². The highest BCUT2D eigenvalue weighted by atomic mass is 35.5. The van der Waals surface area contributed by atoms with Gasteiger partial charge in [-0.25, -0.2) is 9.67 Å². The van der Waals surface area contributed by atoms with Crippen LogP contribution in [0, 0.1) is 11.3 Å². The predicted octanol–water partition coefficient (Wildman–Crippen LogP) is 1.68. The van der Waals surface area contributed by atoms with E-state index in [0.29, 0.717) is 5.02 Å². The van der Waals surface area contributed by atoms with Crippen LogP contribution in [-0.2, 0) is 11.3 Å². The normalized spacial score (nSPS) is 10.1. The molecule has 0 saturated carbocycles. The van der Waals surface area contributed by atoms with Crippen molar-refractivity contribution in [2.45, 2.75) is 6.54 Å². The maximum atomic E-state index is 11.8. The molecular weight excluding hydrogens is 303 g/mol. The summed E-state index contributed by atoms with van der Waals surface area (Å²) in [5, 5.41) is 15.5. The fraction of sp³-hybridized carbons (Fsp3) is 0.0909. The van der Waals surface area contributed by atoms with E-state index in [1.54, 1.807) is 6.07 Å². The quantitative estimate of drug-likeness (QED) is 0.838. The van der Waals surface area contributed by atoms with Crippen molar-refractivity contribution in [2.75, 3.05) is 11.1 Å². The Labute approximate surface area is 123 Å². The van der Waals surface area contributed by atoms with Crippen molar-refractivity contribution in [3.63, 3.8) is 0 Å². The zero-order valence-electron chi connectivity index (χ0n) is 9.97. The van der Waals surface area contributed by atoms with Gasteiger partial charge in [0.2, 0.25) is 5.91 Å². The van der Waals surface area contributed by atoms with Gasteiger partial charge in [0.1, 0.15) is 18.9 Å². The van der Waals surface area contributed by atoms with E-state index in [2.05, 4.69) is 15.4 Å². The number of anilines is 2. The Balaban J connectivity index is 2.11. The molecule has 0 atom stereocenters. The highest BCUT2D eigenvalue weighted by molar-refractivity contribution is 6.37. The lowest BCUT2D eigenvalue weighted by atomic mass is 10.2. The molecule has 0 bridgehead atoms. The van der Waals surface area contributed by atoms with E-state index in [9.17, 15) is 4.79 Å². The minimum absolute atomic E-state index is 0.0122. The highest BCUT2D eigenvalue weighted by Gasteiger charge is 2.12. The van der Waals surface area contributed by atoms with Crippen LogP contribution in [0.25, 0.3) is 0 Å². The van der Waals surface area contributed by atoms with Crippen LogP contribution in [-0.4, -0.2) is 20.7 Å². The van der Waals surface area contributed by atoms with Crippen LogP contribution in [0.3, 0.4) is 0 Å². The Morgan fingerprint density at radius 2 is 2.25 bits per heavy atom. The highest BCUT2D eigenvalue weighted by Crippen LogP contribution is 2.31. The lowest BCUT2D eigenvalue weighted by Crippen LogP contribution is -2.20. The Bertz CT molecular complexity index is 682. The van der Waals surface area contributed by atoms with Gasteiger partial charge >= 0.3 is 0 Å². The van der Waals surface area contributed by atoms with E-state index in [-0.39, 0.29) is 28.8 Å². The largest absolute Gasteiger partial charge is 0.397 e. The zero-order chi connectivity index (χ0) is 14.7. The van der Waals surface area contributed by atoms with Gasteiger partial charge < -0.3 is 11.1 Å². The maximum absolute atomic E-state index is 11.8. The van der Waals surface area contributed by atoms with Crippen LogP contribution in [0.1, 0.15) is 5.82 Å². The second-order valence-corrected chi connectivity index (χ2v) is 4.62. The molecule has 0 radical (unpaired) electrons. The first-order valence-electron chi connectivity index (χ1n) is 5.33. The number of nitrogen functional groups attached to an aromatic ring is 1. The summed E-state index contributed by atoms with van der Waals surface area (Å²) in [6.07, 6.45) is 1.28.